The van der Waals surface area contributed by atoms with Crippen LogP contribution in [0.4, 0.5) is 4.79 Å². The Morgan fingerprint density at radius 2 is 1.91 bits per heavy atom. The Morgan fingerprint density at radius 1 is 1.55 bits per heavy atom. The van der Waals surface area contributed by atoms with Crippen molar-refractivity contribution in [3.05, 3.63) is 0 Å². The summed E-state index contributed by atoms with van der Waals surface area (Å²) < 4.78 is 0. The molecular weight excluding hydrogens is 152 g/mol. The molecule has 1 rings (SSSR count). The molecule has 6 heteroatoms. The maximum atomic E-state index is 9.74. The number of rotatable bonds is 1. The Hall–Kier alpha value is -1.30. The lowest BCUT2D eigenvalue weighted by atomic mass is 10.7. The van der Waals surface area contributed by atoms with Crippen LogP contribution in [-0.4, -0.2) is 28.8 Å². The molecule has 6 N–H and O–H groups in total. The first kappa shape index (κ1) is 12.4. The van der Waals surface area contributed by atoms with Crippen LogP contribution in [-0.2, 0) is 4.79 Å². The lowest BCUT2D eigenvalue weighted by Gasteiger charge is -1.90. The van der Waals surface area contributed by atoms with Crippen LogP contribution in [0.25, 0.3) is 0 Å². The van der Waals surface area contributed by atoms with Crippen molar-refractivity contribution in [2.75, 3.05) is 0 Å². The van der Waals surface area contributed by atoms with Crippen molar-refractivity contribution in [2.45, 2.75) is 18.9 Å². The highest BCUT2D eigenvalue weighted by atomic mass is 16.4. The zero-order chi connectivity index (χ0) is 7.98. The second-order valence-corrected chi connectivity index (χ2v) is 1.83. The zero-order valence-corrected chi connectivity index (χ0v) is 5.99. The predicted molar refractivity (Wildman–Crippen MR) is 37.9 cm³/mol. The molecule has 0 aromatic carbocycles. The van der Waals surface area contributed by atoms with E-state index in [1.165, 1.54) is 0 Å². The third kappa shape index (κ3) is 12.0. The largest absolute Gasteiger partial charge is 0.483 e. The van der Waals surface area contributed by atoms with E-state index in [0.29, 0.717) is 0 Å². The van der Waals surface area contributed by atoms with Gasteiger partial charge in [0.05, 0.1) is 0 Å². The van der Waals surface area contributed by atoms with E-state index in [1.54, 1.807) is 0 Å². The molecule has 1 amide bonds. The number of amides is 1. The van der Waals surface area contributed by atoms with Gasteiger partial charge in [-0.05, 0) is 12.8 Å². The van der Waals surface area contributed by atoms with E-state index in [0.717, 1.165) is 12.8 Å². The van der Waals surface area contributed by atoms with Crippen LogP contribution in [0.5, 0.6) is 0 Å². The second kappa shape index (κ2) is 6.81. The molecule has 0 atom stereocenters. The van der Waals surface area contributed by atoms with Crippen molar-refractivity contribution < 1.29 is 19.8 Å². The summed E-state index contributed by atoms with van der Waals surface area (Å²) in [5, 5.41) is 17.2. The van der Waals surface area contributed by atoms with Gasteiger partial charge in [0.15, 0.2) is 0 Å². The van der Waals surface area contributed by atoms with Crippen molar-refractivity contribution in [2.24, 2.45) is 0 Å². The number of carboxylic acid groups (broad SMARTS) is 2. The summed E-state index contributed by atoms with van der Waals surface area (Å²) in [6, 6.07) is 0.275. The number of carbonyl (C=O) groups is 2. The molecule has 0 saturated heterocycles. The van der Waals surface area contributed by atoms with E-state index in [1.807, 2.05) is 0 Å². The van der Waals surface area contributed by atoms with Crippen LogP contribution >= 0.6 is 0 Å². The Labute approximate surface area is 63.8 Å². The molecule has 0 radical (unpaired) electrons. The minimum Gasteiger partial charge on any atom is -0.483 e. The van der Waals surface area contributed by atoms with Gasteiger partial charge < -0.3 is 21.7 Å². The Bertz CT molecular complexity index is 124. The Morgan fingerprint density at radius 3 is 2.00 bits per heavy atom. The summed E-state index contributed by atoms with van der Waals surface area (Å²) in [5.41, 5.74) is 0. The van der Waals surface area contributed by atoms with Gasteiger partial charge in [0.1, 0.15) is 0 Å². The van der Waals surface area contributed by atoms with Crippen molar-refractivity contribution in [1.29, 1.82) is 0 Å². The molecule has 1 aliphatic rings. The molecule has 66 valence electrons. The maximum Gasteiger partial charge on any atom is 0.404 e. The number of hydrogen-bond acceptors (Lipinski definition) is 3. The van der Waals surface area contributed by atoms with E-state index < -0.39 is 6.09 Å². The molecule has 1 fully saturated rings. The van der Waals surface area contributed by atoms with Gasteiger partial charge in [-0.15, -0.1) is 0 Å². The molecule has 1 aliphatic carbocycles. The zero-order valence-electron chi connectivity index (χ0n) is 5.99. The SMILES string of the molecule is N.O=C(O)NC1CC1.O=CO. The van der Waals surface area contributed by atoms with Crippen molar-refractivity contribution >= 4 is 12.6 Å². The molecule has 6 nitrogen and oxygen atoms in total. The molecule has 0 unspecified atom stereocenters. The highest BCUT2D eigenvalue weighted by molar-refractivity contribution is 5.65. The smallest absolute Gasteiger partial charge is 0.404 e. The first-order valence-corrected chi connectivity index (χ1v) is 2.78. The lowest BCUT2D eigenvalue weighted by molar-refractivity contribution is -0.122. The molecule has 0 aliphatic heterocycles. The van der Waals surface area contributed by atoms with Gasteiger partial charge in [0.25, 0.3) is 6.47 Å². The number of hydrogen-bond donors (Lipinski definition) is 4. The van der Waals surface area contributed by atoms with Gasteiger partial charge in [0.2, 0.25) is 0 Å². The standard InChI is InChI=1S/C4H7NO2.CH2O2.H3N/c6-4(7)5-3-1-2-3;2-1-3;/h3,5H,1-2H2,(H,6,7);1H,(H,2,3);1H3. The van der Waals surface area contributed by atoms with E-state index in [-0.39, 0.29) is 18.7 Å². The van der Waals surface area contributed by atoms with Crippen molar-refractivity contribution in [3.63, 3.8) is 0 Å². The van der Waals surface area contributed by atoms with E-state index in [2.05, 4.69) is 5.32 Å². The third-order valence-corrected chi connectivity index (χ3v) is 0.905. The maximum absolute atomic E-state index is 9.74. The molecule has 1 saturated carbocycles. The second-order valence-electron chi connectivity index (χ2n) is 1.83. The summed E-state index contributed by atoms with van der Waals surface area (Å²) in [4.78, 5) is 18.1. The van der Waals surface area contributed by atoms with Gasteiger partial charge in [0, 0.05) is 6.04 Å². The van der Waals surface area contributed by atoms with Gasteiger partial charge in [-0.1, -0.05) is 0 Å². The topological polar surface area (TPSA) is 122 Å². The first-order valence-electron chi connectivity index (χ1n) is 2.78. The highest BCUT2D eigenvalue weighted by Gasteiger charge is 2.22. The summed E-state index contributed by atoms with van der Waals surface area (Å²) in [6.07, 6.45) is 1.14. The molecule has 0 aromatic rings. The summed E-state index contributed by atoms with van der Waals surface area (Å²) >= 11 is 0. The lowest BCUT2D eigenvalue weighted by Crippen LogP contribution is -2.22. The summed E-state index contributed by atoms with van der Waals surface area (Å²) in [6.45, 7) is -0.250. The fraction of sp³-hybridized carbons (Fsp3) is 0.600. The van der Waals surface area contributed by atoms with Crippen LogP contribution in [0.1, 0.15) is 12.8 Å². The van der Waals surface area contributed by atoms with E-state index in [4.69, 9.17) is 15.0 Å². The van der Waals surface area contributed by atoms with Gasteiger partial charge >= 0.3 is 6.09 Å². The quantitative estimate of drug-likeness (QED) is 0.414. The van der Waals surface area contributed by atoms with Crippen LogP contribution in [0.2, 0.25) is 0 Å². The average Bonchev–Trinajstić information content (AvgIpc) is 2.50. The van der Waals surface area contributed by atoms with E-state index >= 15 is 0 Å². The fourth-order valence-electron chi connectivity index (χ4n) is 0.402. The molecule has 0 spiro atoms. The Balaban J connectivity index is 0. The first-order chi connectivity index (χ1) is 4.70. The van der Waals surface area contributed by atoms with Crippen LogP contribution < -0.4 is 11.5 Å². The summed E-state index contributed by atoms with van der Waals surface area (Å²) in [5.74, 6) is 0. The van der Waals surface area contributed by atoms with Crippen LogP contribution in [0, 0.1) is 0 Å². The van der Waals surface area contributed by atoms with Crippen LogP contribution in [0.15, 0.2) is 0 Å². The fourth-order valence-corrected chi connectivity index (χ4v) is 0.402. The van der Waals surface area contributed by atoms with Crippen LogP contribution in [0.3, 0.4) is 0 Å². The van der Waals surface area contributed by atoms with E-state index in [9.17, 15) is 4.79 Å². The Kier molecular flexibility index (Phi) is 7.67. The third-order valence-electron chi connectivity index (χ3n) is 0.905. The highest BCUT2D eigenvalue weighted by Crippen LogP contribution is 2.17. The molecule has 11 heavy (non-hydrogen) atoms. The predicted octanol–water partition coefficient (Wildman–Crippen LogP) is 0.279. The molecule has 0 heterocycles. The molecular formula is C5H12N2O4. The van der Waals surface area contributed by atoms with Gasteiger partial charge in [-0.3, -0.25) is 4.79 Å². The average molecular weight is 164 g/mol. The minimum atomic E-state index is -0.900. The van der Waals surface area contributed by atoms with Gasteiger partial charge in [-0.2, -0.15) is 0 Å². The van der Waals surface area contributed by atoms with Crippen molar-refractivity contribution in [3.8, 4) is 0 Å². The number of nitrogens with one attached hydrogen (secondary N) is 1. The normalized spacial score (nSPS) is 13.1. The van der Waals surface area contributed by atoms with Gasteiger partial charge in [-0.25, -0.2) is 4.79 Å². The monoisotopic (exact) mass is 164 g/mol. The molecule has 0 aromatic heterocycles. The minimum absolute atomic E-state index is 0. The summed E-state index contributed by atoms with van der Waals surface area (Å²) in [7, 11) is 0. The molecule has 0 bridgehead atoms. The van der Waals surface area contributed by atoms with Crippen molar-refractivity contribution in [1.82, 2.24) is 11.5 Å².